The van der Waals surface area contributed by atoms with Crippen LogP contribution in [0, 0.1) is 0 Å². The number of hydrogen-bond donors (Lipinski definition) is 0. The van der Waals surface area contributed by atoms with Crippen molar-refractivity contribution in [1.82, 2.24) is 0 Å². The van der Waals surface area contributed by atoms with E-state index in [2.05, 4.69) is 19.6 Å². The van der Waals surface area contributed by atoms with Gasteiger partial charge < -0.3 is 0 Å². The topological polar surface area (TPSA) is 0 Å². The molecule has 1 radical (unpaired) electrons. The molecule has 0 amide bonds. The maximum absolute atomic E-state index is 4.38. The van der Waals surface area contributed by atoms with Crippen molar-refractivity contribution in [3.63, 3.8) is 0 Å². The Morgan fingerprint density at radius 3 is 1.25 bits per heavy atom. The van der Waals surface area contributed by atoms with E-state index in [4.69, 9.17) is 0 Å². The Morgan fingerprint density at radius 2 is 1.25 bits per heavy atom. The summed E-state index contributed by atoms with van der Waals surface area (Å²) < 4.78 is 0. The van der Waals surface area contributed by atoms with Gasteiger partial charge in [0, 0.05) is 20.4 Å². The molecule has 0 unspecified atom stereocenters. The van der Waals surface area contributed by atoms with Crippen molar-refractivity contribution in [2.45, 2.75) is 0 Å². The summed E-state index contributed by atoms with van der Waals surface area (Å²) in [6, 6.07) is 0. The van der Waals surface area contributed by atoms with Gasteiger partial charge in [0.05, 0.1) is 0 Å². The van der Waals surface area contributed by atoms with Crippen molar-refractivity contribution < 1.29 is 35.3 Å². The fourth-order valence-corrected chi connectivity index (χ4v) is 0. The van der Waals surface area contributed by atoms with Crippen molar-refractivity contribution >= 4 is 19.6 Å². The average molecular weight is 434 g/mol. The van der Waals surface area contributed by atoms with E-state index in [1.807, 2.05) is 0 Å². The van der Waals surface area contributed by atoms with Gasteiger partial charge in [-0.15, -0.1) is 0 Å². The Kier molecular flexibility index (Phi) is 20.4. The van der Waals surface area contributed by atoms with E-state index in [1.54, 1.807) is 0 Å². The Hall–Kier alpha value is 1.79. The van der Waals surface area contributed by atoms with Gasteiger partial charge in [0.1, 0.15) is 0 Å². The summed E-state index contributed by atoms with van der Waals surface area (Å²) in [4.78, 5) is 0. The molecule has 0 rings (SSSR count). The van der Waals surface area contributed by atoms with Crippen LogP contribution in [0.4, 0.5) is 0 Å². The SMILES string of the molecule is [Re].[S]=[W]=[S]. The molecule has 0 aliphatic heterocycles. The first-order valence-corrected chi connectivity index (χ1v) is 8.19. The Bertz CT molecular complexity index is 27.0. The van der Waals surface area contributed by atoms with Crippen LogP contribution in [0.3, 0.4) is 0 Å². The normalized spacial score (nSPS) is 3.00. The number of hydrogen-bond acceptors (Lipinski definition) is 2. The van der Waals surface area contributed by atoms with Gasteiger partial charge in [-0.3, -0.25) is 0 Å². The third-order valence-electron chi connectivity index (χ3n) is 0. The van der Waals surface area contributed by atoms with E-state index in [0.717, 1.165) is 0 Å². The molecular weight excluding hydrogens is 434 g/mol. The summed E-state index contributed by atoms with van der Waals surface area (Å²) in [7, 11) is 8.75. The zero-order chi connectivity index (χ0) is 2.71. The van der Waals surface area contributed by atoms with E-state index in [1.165, 1.54) is 0 Å². The first-order chi connectivity index (χ1) is 1.41. The second kappa shape index (κ2) is 8.84. The zero-order valence-electron chi connectivity index (χ0n) is 1.60. The van der Waals surface area contributed by atoms with E-state index >= 15 is 0 Å². The van der Waals surface area contributed by atoms with Crippen LogP contribution in [0.15, 0.2) is 0 Å². The molecule has 0 atom stereocenters. The van der Waals surface area contributed by atoms with E-state index < -0.39 is 14.9 Å². The molecule has 0 aromatic carbocycles. The predicted octanol–water partition coefficient (Wildman–Crippen LogP) is 1.29. The van der Waals surface area contributed by atoms with Crippen molar-refractivity contribution in [3.05, 3.63) is 0 Å². The minimum absolute atomic E-state index is 0. The Balaban J connectivity index is 0. The number of rotatable bonds is 0. The van der Waals surface area contributed by atoms with Gasteiger partial charge in [0.15, 0.2) is 0 Å². The second-order valence-corrected chi connectivity index (χ2v) is 5.01. The first-order valence-electron chi connectivity index (χ1n) is 0.333. The van der Waals surface area contributed by atoms with Crippen LogP contribution in [-0.2, 0) is 35.3 Å². The zero-order valence-corrected chi connectivity index (χ0v) is 8.88. The van der Waals surface area contributed by atoms with Crippen molar-refractivity contribution in [3.8, 4) is 0 Å². The monoisotopic (exact) mass is 435 g/mol. The maximum atomic E-state index is 4.38. The van der Waals surface area contributed by atoms with Crippen LogP contribution >= 0.6 is 19.6 Å². The predicted molar refractivity (Wildman–Crippen MR) is 15.2 cm³/mol. The fourth-order valence-electron chi connectivity index (χ4n) is 0. The van der Waals surface area contributed by atoms with Crippen LogP contribution in [0.1, 0.15) is 0 Å². The third kappa shape index (κ3) is 9.21. The standard InChI is InChI=1S/Re.2S.W. The molecule has 25 valence electrons. The van der Waals surface area contributed by atoms with Crippen molar-refractivity contribution in [2.24, 2.45) is 0 Å². The van der Waals surface area contributed by atoms with Gasteiger partial charge >= 0.3 is 34.6 Å². The first kappa shape index (κ1) is 9.25. The summed E-state index contributed by atoms with van der Waals surface area (Å²) in [6.07, 6.45) is 0. The summed E-state index contributed by atoms with van der Waals surface area (Å²) in [5.74, 6) is 0. The molecular formula is ReS2W. The molecule has 0 nitrogen and oxygen atoms in total. The van der Waals surface area contributed by atoms with Crippen LogP contribution in [0.5, 0.6) is 0 Å². The van der Waals surface area contributed by atoms with Crippen LogP contribution in [0.2, 0.25) is 0 Å². The molecule has 0 aliphatic carbocycles. The third-order valence-corrected chi connectivity index (χ3v) is 0. The Labute approximate surface area is 54.4 Å². The second-order valence-electron chi connectivity index (χ2n) is 0.0680. The van der Waals surface area contributed by atoms with Gasteiger partial charge in [0.25, 0.3) is 0 Å². The van der Waals surface area contributed by atoms with Gasteiger partial charge in [-0.05, 0) is 0 Å². The van der Waals surface area contributed by atoms with Crippen molar-refractivity contribution in [1.29, 1.82) is 0 Å². The quantitative estimate of drug-likeness (QED) is 0.564. The molecule has 0 fully saturated rings. The van der Waals surface area contributed by atoms with Gasteiger partial charge in [0.2, 0.25) is 0 Å². The van der Waals surface area contributed by atoms with Crippen LogP contribution < -0.4 is 0 Å². The molecule has 0 heterocycles. The van der Waals surface area contributed by atoms with Gasteiger partial charge in [-0.25, -0.2) is 0 Å². The minimum atomic E-state index is -0.583. The molecule has 0 N–H and O–H groups in total. The molecule has 4 heavy (non-hydrogen) atoms. The molecule has 0 saturated heterocycles. The van der Waals surface area contributed by atoms with Gasteiger partial charge in [-0.2, -0.15) is 0 Å². The van der Waals surface area contributed by atoms with Crippen LogP contribution in [0.25, 0.3) is 0 Å². The van der Waals surface area contributed by atoms with Crippen LogP contribution in [-0.4, -0.2) is 0 Å². The summed E-state index contributed by atoms with van der Waals surface area (Å²) >= 11 is -0.583. The molecule has 0 bridgehead atoms. The summed E-state index contributed by atoms with van der Waals surface area (Å²) in [5.41, 5.74) is 0. The summed E-state index contributed by atoms with van der Waals surface area (Å²) in [6.45, 7) is 0. The van der Waals surface area contributed by atoms with E-state index in [-0.39, 0.29) is 20.4 Å². The van der Waals surface area contributed by atoms with E-state index in [9.17, 15) is 0 Å². The summed E-state index contributed by atoms with van der Waals surface area (Å²) in [5, 5.41) is 0. The molecule has 0 aromatic heterocycles. The molecule has 0 aromatic rings. The molecule has 0 saturated carbocycles. The Morgan fingerprint density at radius 1 is 1.25 bits per heavy atom. The molecule has 4 heteroatoms. The fraction of sp³-hybridized carbons (Fsp3) is 0. The molecule has 0 aliphatic rings. The van der Waals surface area contributed by atoms with E-state index in [0.29, 0.717) is 0 Å². The average Bonchev–Trinajstić information content (AvgIpc) is 0.918. The van der Waals surface area contributed by atoms with Gasteiger partial charge in [-0.1, -0.05) is 0 Å². The van der Waals surface area contributed by atoms with Crippen molar-refractivity contribution in [2.75, 3.05) is 0 Å². The molecule has 0 spiro atoms.